The van der Waals surface area contributed by atoms with E-state index in [1.807, 2.05) is 0 Å². The summed E-state index contributed by atoms with van der Waals surface area (Å²) in [5.41, 5.74) is 4.68. The highest BCUT2D eigenvalue weighted by atomic mass is 16.1. The Morgan fingerprint density at radius 3 is 2.60 bits per heavy atom. The molecule has 0 aliphatic heterocycles. The van der Waals surface area contributed by atoms with E-state index in [1.54, 1.807) is 6.08 Å². The molecule has 0 radical (unpaired) electrons. The van der Waals surface area contributed by atoms with Crippen LogP contribution < -0.4 is 0 Å². The molecule has 1 saturated carbocycles. The van der Waals surface area contributed by atoms with E-state index in [4.69, 9.17) is 0 Å². The number of aryl methyl sites for hydroxylation is 2. The zero-order valence-electron chi connectivity index (χ0n) is 12.4. The molecule has 0 N–H and O–H groups in total. The summed E-state index contributed by atoms with van der Waals surface area (Å²) in [6.45, 7) is 4.30. The van der Waals surface area contributed by atoms with E-state index in [9.17, 15) is 4.79 Å². The van der Waals surface area contributed by atoms with Crippen LogP contribution in [0, 0.1) is 13.8 Å². The molecule has 2 aromatic rings. The molecule has 1 fully saturated rings. The fourth-order valence-corrected chi connectivity index (χ4v) is 3.56. The molecule has 20 heavy (non-hydrogen) atoms. The number of aliphatic imine (C=N–C) groups is 1. The van der Waals surface area contributed by atoms with Crippen molar-refractivity contribution in [3.63, 3.8) is 0 Å². The van der Waals surface area contributed by atoms with Gasteiger partial charge in [0, 0.05) is 23.6 Å². The molecule has 0 bridgehead atoms. The molecule has 1 aliphatic rings. The lowest BCUT2D eigenvalue weighted by Crippen LogP contribution is -2.18. The topological polar surface area (TPSA) is 34.4 Å². The third kappa shape index (κ3) is 1.74. The van der Waals surface area contributed by atoms with Gasteiger partial charge in [0.15, 0.2) is 0 Å². The number of benzene rings is 1. The summed E-state index contributed by atoms with van der Waals surface area (Å²) in [5.74, 6) is 0. The zero-order chi connectivity index (χ0) is 14.3. The Bertz CT molecular complexity index is 714. The van der Waals surface area contributed by atoms with Crippen molar-refractivity contribution in [1.82, 2.24) is 4.57 Å². The Labute approximate surface area is 119 Å². The first-order chi connectivity index (χ1) is 9.59. The maximum atomic E-state index is 10.8. The Balaban J connectivity index is 2.22. The first-order valence-corrected chi connectivity index (χ1v) is 7.24. The van der Waals surface area contributed by atoms with Crippen molar-refractivity contribution >= 4 is 17.0 Å². The van der Waals surface area contributed by atoms with E-state index in [1.165, 1.54) is 27.7 Å². The average Bonchev–Trinajstić information content (AvgIpc) is 3.01. The fourth-order valence-electron chi connectivity index (χ4n) is 3.56. The number of aromatic nitrogens is 1. The van der Waals surface area contributed by atoms with Gasteiger partial charge in [-0.15, -0.1) is 0 Å². The van der Waals surface area contributed by atoms with Gasteiger partial charge in [0.2, 0.25) is 6.08 Å². The van der Waals surface area contributed by atoms with Crippen LogP contribution in [0.4, 0.5) is 0 Å². The predicted octanol–water partition coefficient (Wildman–Crippen LogP) is 3.90. The van der Waals surface area contributed by atoms with Crippen molar-refractivity contribution in [3.8, 4) is 0 Å². The maximum Gasteiger partial charge on any atom is 0.235 e. The highest BCUT2D eigenvalue weighted by molar-refractivity contribution is 5.86. The van der Waals surface area contributed by atoms with Gasteiger partial charge in [0.1, 0.15) is 0 Å². The van der Waals surface area contributed by atoms with Gasteiger partial charge in [0.25, 0.3) is 0 Å². The van der Waals surface area contributed by atoms with Gasteiger partial charge in [-0.05, 0) is 49.9 Å². The molecule has 0 saturated heterocycles. The lowest BCUT2D eigenvalue weighted by atomic mass is 9.88. The minimum Gasteiger partial charge on any atom is -0.348 e. The minimum absolute atomic E-state index is 0.327. The number of nitrogens with zero attached hydrogens (tertiary/aromatic N) is 2. The summed E-state index contributed by atoms with van der Waals surface area (Å²) in [5, 5.41) is 1.27. The van der Waals surface area contributed by atoms with E-state index >= 15 is 0 Å². The highest BCUT2D eigenvalue weighted by Gasteiger charge is 2.35. The Morgan fingerprint density at radius 1 is 1.25 bits per heavy atom. The van der Waals surface area contributed by atoms with E-state index in [0.29, 0.717) is 0 Å². The van der Waals surface area contributed by atoms with Crippen molar-refractivity contribution in [2.45, 2.75) is 45.1 Å². The lowest BCUT2D eigenvalue weighted by Gasteiger charge is -2.23. The Kier molecular flexibility index (Phi) is 3.02. The molecule has 104 valence electrons. The van der Waals surface area contributed by atoms with Crippen LogP contribution in [0.5, 0.6) is 0 Å². The first kappa shape index (κ1) is 13.1. The molecule has 0 amide bonds. The zero-order valence-corrected chi connectivity index (χ0v) is 12.4. The van der Waals surface area contributed by atoms with Crippen molar-refractivity contribution < 1.29 is 4.79 Å². The Hall–Kier alpha value is -1.86. The number of rotatable bonds is 2. The van der Waals surface area contributed by atoms with E-state index in [0.717, 1.165) is 25.7 Å². The number of hydrogen-bond acceptors (Lipinski definition) is 2. The normalized spacial score (nSPS) is 17.4. The van der Waals surface area contributed by atoms with Crippen molar-refractivity contribution in [2.24, 2.45) is 12.0 Å². The van der Waals surface area contributed by atoms with E-state index < -0.39 is 0 Å². The van der Waals surface area contributed by atoms with Gasteiger partial charge < -0.3 is 4.57 Å². The van der Waals surface area contributed by atoms with Crippen LogP contribution in [-0.2, 0) is 17.4 Å². The molecule has 1 aromatic carbocycles. The summed E-state index contributed by atoms with van der Waals surface area (Å²) in [6.07, 6.45) is 5.98. The van der Waals surface area contributed by atoms with Crippen molar-refractivity contribution in [3.05, 3.63) is 35.0 Å². The lowest BCUT2D eigenvalue weighted by molar-refractivity contribution is 0.456. The summed E-state index contributed by atoms with van der Waals surface area (Å²) >= 11 is 0. The number of hydrogen-bond donors (Lipinski definition) is 0. The number of isocyanates is 1. The van der Waals surface area contributed by atoms with Gasteiger partial charge in [-0.2, -0.15) is 4.99 Å². The molecular formula is C17H20N2O. The molecule has 3 nitrogen and oxygen atoms in total. The van der Waals surface area contributed by atoms with Crippen molar-refractivity contribution in [2.75, 3.05) is 0 Å². The van der Waals surface area contributed by atoms with Crippen LogP contribution in [0.3, 0.4) is 0 Å². The largest absolute Gasteiger partial charge is 0.348 e. The van der Waals surface area contributed by atoms with Crippen molar-refractivity contribution in [1.29, 1.82) is 0 Å². The first-order valence-electron chi connectivity index (χ1n) is 7.24. The molecule has 0 spiro atoms. The summed E-state index contributed by atoms with van der Waals surface area (Å²) in [6, 6.07) is 6.52. The van der Waals surface area contributed by atoms with E-state index in [2.05, 4.69) is 48.7 Å². The second kappa shape index (κ2) is 4.60. The molecule has 0 unspecified atom stereocenters. The van der Waals surface area contributed by atoms with Gasteiger partial charge in [-0.25, -0.2) is 4.79 Å². The number of carbonyl (C=O) groups excluding carboxylic acids is 1. The van der Waals surface area contributed by atoms with Gasteiger partial charge in [0.05, 0.1) is 5.54 Å². The predicted molar refractivity (Wildman–Crippen MR) is 80.7 cm³/mol. The third-order valence-corrected chi connectivity index (χ3v) is 5.04. The summed E-state index contributed by atoms with van der Waals surface area (Å²) < 4.78 is 2.22. The van der Waals surface area contributed by atoms with Crippen LogP contribution in [0.25, 0.3) is 10.9 Å². The quantitative estimate of drug-likeness (QED) is 0.601. The average molecular weight is 268 g/mol. The van der Waals surface area contributed by atoms with Crippen LogP contribution in [-0.4, -0.2) is 10.6 Å². The van der Waals surface area contributed by atoms with Gasteiger partial charge in [-0.3, -0.25) is 0 Å². The van der Waals surface area contributed by atoms with Crippen LogP contribution in [0.1, 0.15) is 42.5 Å². The Morgan fingerprint density at radius 2 is 1.95 bits per heavy atom. The number of fused-ring (bicyclic) bond motifs is 1. The van der Waals surface area contributed by atoms with Crippen LogP contribution >= 0.6 is 0 Å². The molecule has 1 aliphatic carbocycles. The molecular weight excluding hydrogens is 248 g/mol. The molecule has 0 atom stereocenters. The maximum absolute atomic E-state index is 10.8. The fraction of sp³-hybridized carbons (Fsp3) is 0.471. The van der Waals surface area contributed by atoms with Crippen LogP contribution in [0.2, 0.25) is 0 Å². The van der Waals surface area contributed by atoms with E-state index in [-0.39, 0.29) is 5.54 Å². The molecule has 3 heteroatoms. The molecule has 3 rings (SSSR count). The second-order valence-electron chi connectivity index (χ2n) is 5.94. The summed E-state index contributed by atoms with van der Waals surface area (Å²) in [4.78, 5) is 15.0. The minimum atomic E-state index is -0.327. The molecule has 1 heterocycles. The smallest absolute Gasteiger partial charge is 0.235 e. The van der Waals surface area contributed by atoms with Crippen LogP contribution in [0.15, 0.2) is 23.2 Å². The monoisotopic (exact) mass is 268 g/mol. The second-order valence-corrected chi connectivity index (χ2v) is 5.94. The molecule has 1 aromatic heterocycles. The summed E-state index contributed by atoms with van der Waals surface area (Å²) in [7, 11) is 2.10. The standard InChI is InChI=1S/C17H20N2O/c1-12-13(2)19(3)16-7-6-14(10-15(12)16)17(18-11-20)8-4-5-9-17/h6-7,10H,4-5,8-9H2,1-3H3. The highest BCUT2D eigenvalue weighted by Crippen LogP contribution is 2.43. The van der Waals surface area contributed by atoms with Gasteiger partial charge in [-0.1, -0.05) is 18.9 Å². The third-order valence-electron chi connectivity index (χ3n) is 5.04. The SMILES string of the molecule is Cc1c(C)n(C)c2ccc(C3(N=C=O)CCCC3)cc12. The van der Waals surface area contributed by atoms with Gasteiger partial charge >= 0.3 is 0 Å².